The molecule has 8 heteroatoms. The molecule has 0 aliphatic carbocycles. The van der Waals surface area contributed by atoms with E-state index in [0.717, 1.165) is 11.3 Å². The Morgan fingerprint density at radius 2 is 1.87 bits per heavy atom. The van der Waals surface area contributed by atoms with Crippen LogP contribution in [0.3, 0.4) is 0 Å². The summed E-state index contributed by atoms with van der Waals surface area (Å²) in [6.07, 6.45) is 2.21. The summed E-state index contributed by atoms with van der Waals surface area (Å²) < 4.78 is 22.6. The van der Waals surface area contributed by atoms with E-state index >= 15 is 0 Å². The minimum absolute atomic E-state index is 0.0223. The van der Waals surface area contributed by atoms with Crippen LogP contribution in [0.2, 0.25) is 0 Å². The maximum absolute atomic E-state index is 9.00. The van der Waals surface area contributed by atoms with Gasteiger partial charge in [-0.3, -0.25) is 0 Å². The Morgan fingerprint density at radius 1 is 1.13 bits per heavy atom. The summed E-state index contributed by atoms with van der Waals surface area (Å²) in [6.45, 7) is 0.522. The van der Waals surface area contributed by atoms with Gasteiger partial charge in [0.1, 0.15) is 6.79 Å². The highest BCUT2D eigenvalue weighted by Crippen LogP contribution is 2.32. The van der Waals surface area contributed by atoms with Gasteiger partial charge in [-0.15, -0.1) is 5.10 Å². The lowest BCUT2D eigenvalue weighted by molar-refractivity contribution is -0.0391. The predicted molar refractivity (Wildman–Crippen MR) is 81.9 cm³/mol. The molecular weight excluding hydrogens is 302 g/mol. The first-order valence-electron chi connectivity index (χ1n) is 7.07. The fourth-order valence-corrected chi connectivity index (χ4v) is 2.12. The smallest absolute Gasteiger partial charge is 0.162 e. The molecule has 2 rings (SSSR count). The first kappa shape index (κ1) is 17.2. The van der Waals surface area contributed by atoms with E-state index in [4.69, 9.17) is 24.1 Å². The van der Waals surface area contributed by atoms with Gasteiger partial charge >= 0.3 is 0 Å². The summed E-state index contributed by atoms with van der Waals surface area (Å²) in [5.74, 6) is 1.18. The van der Waals surface area contributed by atoms with Crippen LogP contribution in [-0.4, -0.2) is 54.8 Å². The van der Waals surface area contributed by atoms with Crippen molar-refractivity contribution in [3.8, 4) is 17.2 Å². The van der Waals surface area contributed by atoms with E-state index in [0.29, 0.717) is 30.2 Å². The van der Waals surface area contributed by atoms with Crippen LogP contribution in [0.1, 0.15) is 11.3 Å². The Morgan fingerprint density at radius 3 is 2.52 bits per heavy atom. The van der Waals surface area contributed by atoms with E-state index in [9.17, 15) is 0 Å². The number of aromatic nitrogens is 3. The van der Waals surface area contributed by atoms with Gasteiger partial charge < -0.3 is 24.1 Å². The van der Waals surface area contributed by atoms with E-state index in [-0.39, 0.29) is 13.4 Å². The number of ether oxygens (including phenoxy) is 4. The standard InChI is InChI=1S/C15H21N3O5/c1-20-10-23-9-11-6-14(21-2)15(22-3)7-13(11)18-8-12(4-5-19)16-17-18/h6-8,19H,4-5,9-10H2,1-3H3. The molecule has 0 saturated heterocycles. The number of aliphatic hydroxyl groups excluding tert-OH is 1. The van der Waals surface area contributed by atoms with Crippen molar-refractivity contribution in [2.24, 2.45) is 0 Å². The summed E-state index contributed by atoms with van der Waals surface area (Å²) in [5, 5.41) is 17.1. The number of hydrogen-bond donors (Lipinski definition) is 1. The third-order valence-corrected chi connectivity index (χ3v) is 3.20. The number of benzene rings is 1. The van der Waals surface area contributed by atoms with Gasteiger partial charge in [0.2, 0.25) is 0 Å². The minimum Gasteiger partial charge on any atom is -0.493 e. The molecule has 0 aliphatic heterocycles. The molecule has 126 valence electrons. The molecule has 0 atom stereocenters. The molecule has 0 amide bonds. The Kier molecular flexibility index (Phi) is 6.33. The van der Waals surface area contributed by atoms with E-state index in [2.05, 4.69) is 10.3 Å². The Labute approximate surface area is 134 Å². The molecule has 8 nitrogen and oxygen atoms in total. The lowest BCUT2D eigenvalue weighted by Gasteiger charge is -2.14. The highest BCUT2D eigenvalue weighted by Gasteiger charge is 2.14. The molecule has 1 heterocycles. The van der Waals surface area contributed by atoms with Crippen molar-refractivity contribution >= 4 is 0 Å². The zero-order valence-corrected chi connectivity index (χ0v) is 13.5. The van der Waals surface area contributed by atoms with Crippen LogP contribution in [0, 0.1) is 0 Å². The maximum atomic E-state index is 9.00. The molecule has 1 N–H and O–H groups in total. The van der Waals surface area contributed by atoms with Gasteiger partial charge in [0.05, 0.1) is 38.4 Å². The molecular formula is C15H21N3O5. The highest BCUT2D eigenvalue weighted by molar-refractivity contribution is 5.53. The SMILES string of the molecule is COCOCc1cc(OC)c(OC)cc1-n1cc(CCO)nn1. The fraction of sp³-hybridized carbons (Fsp3) is 0.467. The Balaban J connectivity index is 2.40. The summed E-state index contributed by atoms with van der Waals surface area (Å²) in [5.41, 5.74) is 2.31. The van der Waals surface area contributed by atoms with Gasteiger partial charge in [0.15, 0.2) is 11.5 Å². The number of methoxy groups -OCH3 is 3. The lowest BCUT2D eigenvalue weighted by Crippen LogP contribution is -2.06. The third-order valence-electron chi connectivity index (χ3n) is 3.20. The first-order chi connectivity index (χ1) is 11.2. The summed E-state index contributed by atoms with van der Waals surface area (Å²) >= 11 is 0. The second kappa shape index (κ2) is 8.47. The molecule has 0 radical (unpaired) electrons. The summed E-state index contributed by atoms with van der Waals surface area (Å²) in [6, 6.07) is 3.64. The van der Waals surface area contributed by atoms with Gasteiger partial charge in [0, 0.05) is 31.8 Å². The maximum Gasteiger partial charge on any atom is 0.162 e. The zero-order valence-electron chi connectivity index (χ0n) is 13.5. The van der Waals surface area contributed by atoms with Gasteiger partial charge in [-0.05, 0) is 6.07 Å². The van der Waals surface area contributed by atoms with E-state index in [1.54, 1.807) is 32.2 Å². The largest absolute Gasteiger partial charge is 0.493 e. The van der Waals surface area contributed by atoms with Crippen molar-refractivity contribution in [2.45, 2.75) is 13.0 Å². The second-order valence-electron chi connectivity index (χ2n) is 4.72. The second-order valence-corrected chi connectivity index (χ2v) is 4.72. The summed E-state index contributed by atoms with van der Waals surface area (Å²) in [7, 11) is 4.71. The third kappa shape index (κ3) is 4.19. The molecule has 0 unspecified atom stereocenters. The number of rotatable bonds is 9. The van der Waals surface area contributed by atoms with Crippen molar-refractivity contribution in [3.63, 3.8) is 0 Å². The Bertz CT molecular complexity index is 630. The van der Waals surface area contributed by atoms with Gasteiger partial charge in [-0.2, -0.15) is 0 Å². The number of hydrogen-bond acceptors (Lipinski definition) is 7. The van der Waals surface area contributed by atoms with Crippen LogP contribution in [0.5, 0.6) is 11.5 Å². The van der Waals surface area contributed by atoms with Crippen LogP contribution in [0.15, 0.2) is 18.3 Å². The van der Waals surface area contributed by atoms with Crippen LogP contribution < -0.4 is 9.47 Å². The molecule has 0 fully saturated rings. The first-order valence-corrected chi connectivity index (χ1v) is 7.07. The van der Waals surface area contributed by atoms with Gasteiger partial charge in [-0.1, -0.05) is 5.21 Å². The van der Waals surface area contributed by atoms with E-state index in [1.165, 1.54) is 0 Å². The van der Waals surface area contributed by atoms with Crippen molar-refractivity contribution in [3.05, 3.63) is 29.6 Å². The molecule has 0 bridgehead atoms. The van der Waals surface area contributed by atoms with Crippen LogP contribution >= 0.6 is 0 Å². The fourth-order valence-electron chi connectivity index (χ4n) is 2.12. The molecule has 1 aromatic heterocycles. The lowest BCUT2D eigenvalue weighted by atomic mass is 10.1. The van der Waals surface area contributed by atoms with Crippen molar-refractivity contribution < 1.29 is 24.1 Å². The van der Waals surface area contributed by atoms with Crippen molar-refractivity contribution in [1.82, 2.24) is 15.0 Å². The highest BCUT2D eigenvalue weighted by atomic mass is 16.7. The molecule has 23 heavy (non-hydrogen) atoms. The normalized spacial score (nSPS) is 10.8. The number of aliphatic hydroxyl groups is 1. The minimum atomic E-state index is 0.0223. The van der Waals surface area contributed by atoms with Crippen LogP contribution in [-0.2, 0) is 22.5 Å². The zero-order chi connectivity index (χ0) is 16.7. The quantitative estimate of drug-likeness (QED) is 0.543. The molecule has 2 aromatic rings. The van der Waals surface area contributed by atoms with Crippen LogP contribution in [0.25, 0.3) is 5.69 Å². The average molecular weight is 323 g/mol. The summed E-state index contributed by atoms with van der Waals surface area (Å²) in [4.78, 5) is 0. The predicted octanol–water partition coefficient (Wildman–Crippen LogP) is 0.940. The monoisotopic (exact) mass is 323 g/mol. The molecule has 1 aromatic carbocycles. The van der Waals surface area contributed by atoms with Gasteiger partial charge in [-0.25, -0.2) is 4.68 Å². The Hall–Kier alpha value is -2.16. The molecule has 0 aliphatic rings. The van der Waals surface area contributed by atoms with Gasteiger partial charge in [0.25, 0.3) is 0 Å². The van der Waals surface area contributed by atoms with Crippen molar-refractivity contribution in [2.75, 3.05) is 34.7 Å². The van der Waals surface area contributed by atoms with Crippen molar-refractivity contribution in [1.29, 1.82) is 0 Å². The van der Waals surface area contributed by atoms with E-state index in [1.807, 2.05) is 12.1 Å². The van der Waals surface area contributed by atoms with E-state index < -0.39 is 0 Å². The molecule has 0 spiro atoms. The number of nitrogens with zero attached hydrogens (tertiary/aromatic N) is 3. The topological polar surface area (TPSA) is 87.9 Å². The van der Waals surface area contributed by atoms with Crippen LogP contribution in [0.4, 0.5) is 0 Å². The average Bonchev–Trinajstić information content (AvgIpc) is 3.03. The molecule has 0 saturated carbocycles.